The average molecular weight is 187 g/mol. The topological polar surface area (TPSA) is 60.2 Å². The Hall–Kier alpha value is -0.530. The van der Waals surface area contributed by atoms with Crippen molar-refractivity contribution >= 4 is 9.84 Å². The molecule has 0 aromatic heterocycles. The lowest BCUT2D eigenvalue weighted by atomic mass is 9.98. The van der Waals surface area contributed by atoms with Crippen LogP contribution in [0.15, 0.2) is 0 Å². The molecule has 2 N–H and O–H groups in total. The van der Waals surface area contributed by atoms with Crippen molar-refractivity contribution in [2.75, 3.05) is 11.5 Å². The van der Waals surface area contributed by atoms with E-state index in [0.29, 0.717) is 12.8 Å². The summed E-state index contributed by atoms with van der Waals surface area (Å²) in [4.78, 5) is 0. The van der Waals surface area contributed by atoms with Gasteiger partial charge < -0.3 is 5.73 Å². The minimum absolute atomic E-state index is 0.0750. The monoisotopic (exact) mass is 187 g/mol. The highest BCUT2D eigenvalue weighted by Crippen LogP contribution is 2.21. The van der Waals surface area contributed by atoms with Crippen molar-refractivity contribution in [3.8, 4) is 12.3 Å². The Labute approximate surface area is 73.3 Å². The second-order valence-corrected chi connectivity index (χ2v) is 5.46. The zero-order valence-electron chi connectivity index (χ0n) is 6.86. The molecule has 2 atom stereocenters. The quantitative estimate of drug-likeness (QED) is 0.608. The molecule has 1 rings (SSSR count). The van der Waals surface area contributed by atoms with Crippen molar-refractivity contribution in [1.29, 1.82) is 0 Å². The molecule has 1 fully saturated rings. The Morgan fingerprint density at radius 2 is 2.33 bits per heavy atom. The van der Waals surface area contributed by atoms with E-state index in [1.807, 2.05) is 0 Å². The Kier molecular flexibility index (Phi) is 2.76. The van der Waals surface area contributed by atoms with Gasteiger partial charge in [-0.25, -0.2) is 8.42 Å². The van der Waals surface area contributed by atoms with Crippen LogP contribution in [0.25, 0.3) is 0 Å². The fraction of sp³-hybridized carbons (Fsp3) is 0.750. The van der Waals surface area contributed by atoms with Crippen LogP contribution in [0.1, 0.15) is 12.8 Å². The van der Waals surface area contributed by atoms with Crippen molar-refractivity contribution in [2.45, 2.75) is 18.9 Å². The number of nitrogens with two attached hydrogens (primary N) is 1. The van der Waals surface area contributed by atoms with E-state index < -0.39 is 9.84 Å². The minimum Gasteiger partial charge on any atom is -0.327 e. The standard InChI is InChI=1S/C8H13NO2S/c1-2-3-8(9)7-4-5-12(10,11)6-7/h1,7-8H,3-6,9H2. The maximum atomic E-state index is 11.0. The van der Waals surface area contributed by atoms with E-state index in [1.165, 1.54) is 0 Å². The van der Waals surface area contributed by atoms with Gasteiger partial charge in [-0.1, -0.05) is 0 Å². The highest BCUT2D eigenvalue weighted by molar-refractivity contribution is 7.91. The maximum absolute atomic E-state index is 11.0. The van der Waals surface area contributed by atoms with Gasteiger partial charge in [0.2, 0.25) is 0 Å². The largest absolute Gasteiger partial charge is 0.327 e. The molecule has 1 saturated heterocycles. The van der Waals surface area contributed by atoms with Gasteiger partial charge in [-0.05, 0) is 12.3 Å². The fourth-order valence-electron chi connectivity index (χ4n) is 1.46. The highest BCUT2D eigenvalue weighted by atomic mass is 32.2. The lowest BCUT2D eigenvalue weighted by Gasteiger charge is -2.13. The van der Waals surface area contributed by atoms with Gasteiger partial charge >= 0.3 is 0 Å². The fourth-order valence-corrected chi connectivity index (χ4v) is 3.36. The molecule has 0 radical (unpaired) electrons. The SMILES string of the molecule is C#CCC(N)C1CCS(=O)(=O)C1. The Morgan fingerprint density at radius 3 is 2.75 bits per heavy atom. The van der Waals surface area contributed by atoms with Crippen molar-refractivity contribution in [1.82, 2.24) is 0 Å². The molecule has 2 unspecified atom stereocenters. The van der Waals surface area contributed by atoms with Gasteiger partial charge in [0.25, 0.3) is 0 Å². The van der Waals surface area contributed by atoms with E-state index in [-0.39, 0.29) is 23.5 Å². The molecule has 4 heteroatoms. The molecular weight excluding hydrogens is 174 g/mol. The van der Waals surface area contributed by atoms with Crippen LogP contribution in [0.5, 0.6) is 0 Å². The van der Waals surface area contributed by atoms with Crippen LogP contribution in [0, 0.1) is 18.3 Å². The summed E-state index contributed by atoms with van der Waals surface area (Å²) in [7, 11) is -2.81. The van der Waals surface area contributed by atoms with Gasteiger partial charge in [0.1, 0.15) is 0 Å². The third kappa shape index (κ3) is 2.23. The van der Waals surface area contributed by atoms with Gasteiger partial charge in [0.15, 0.2) is 9.84 Å². The predicted molar refractivity (Wildman–Crippen MR) is 48.2 cm³/mol. The molecule has 0 saturated carbocycles. The zero-order valence-corrected chi connectivity index (χ0v) is 7.68. The molecule has 12 heavy (non-hydrogen) atoms. The third-order valence-electron chi connectivity index (χ3n) is 2.23. The number of rotatable bonds is 2. The van der Waals surface area contributed by atoms with E-state index in [1.54, 1.807) is 0 Å². The third-order valence-corrected chi connectivity index (χ3v) is 4.02. The molecule has 0 aromatic carbocycles. The summed E-state index contributed by atoms with van der Waals surface area (Å²) in [5.41, 5.74) is 5.70. The lowest BCUT2D eigenvalue weighted by Crippen LogP contribution is -2.30. The van der Waals surface area contributed by atoms with Crippen LogP contribution < -0.4 is 5.73 Å². The van der Waals surface area contributed by atoms with E-state index in [0.717, 1.165) is 0 Å². The second kappa shape index (κ2) is 3.46. The Bertz CT molecular complexity index is 289. The van der Waals surface area contributed by atoms with Crippen molar-refractivity contribution in [3.05, 3.63) is 0 Å². The van der Waals surface area contributed by atoms with Crippen LogP contribution in [0.4, 0.5) is 0 Å². The first-order valence-corrected chi connectivity index (χ1v) is 5.77. The van der Waals surface area contributed by atoms with Gasteiger partial charge in [-0.15, -0.1) is 12.3 Å². The van der Waals surface area contributed by atoms with Gasteiger partial charge in [0, 0.05) is 12.5 Å². The average Bonchev–Trinajstić information content (AvgIpc) is 2.31. The van der Waals surface area contributed by atoms with Gasteiger partial charge in [-0.3, -0.25) is 0 Å². The van der Waals surface area contributed by atoms with Crippen LogP contribution in [0.3, 0.4) is 0 Å². The molecule has 0 spiro atoms. The summed E-state index contributed by atoms with van der Waals surface area (Å²) < 4.78 is 22.1. The first-order valence-electron chi connectivity index (χ1n) is 3.94. The van der Waals surface area contributed by atoms with E-state index >= 15 is 0 Å². The number of hydrogen-bond acceptors (Lipinski definition) is 3. The van der Waals surface area contributed by atoms with Crippen molar-refractivity contribution in [2.24, 2.45) is 11.7 Å². The lowest BCUT2D eigenvalue weighted by molar-refractivity contribution is 0.471. The molecule has 3 nitrogen and oxygen atoms in total. The van der Waals surface area contributed by atoms with Crippen LogP contribution in [-0.4, -0.2) is 26.0 Å². The number of terminal acetylenes is 1. The van der Waals surface area contributed by atoms with E-state index in [9.17, 15) is 8.42 Å². The summed E-state index contributed by atoms with van der Waals surface area (Å²) >= 11 is 0. The molecule has 0 aromatic rings. The molecule has 68 valence electrons. The highest BCUT2D eigenvalue weighted by Gasteiger charge is 2.31. The molecular formula is C8H13NO2S. The van der Waals surface area contributed by atoms with Gasteiger partial charge in [0.05, 0.1) is 11.5 Å². The summed E-state index contributed by atoms with van der Waals surface area (Å²) in [6.07, 6.45) is 6.23. The Morgan fingerprint density at radius 1 is 1.67 bits per heavy atom. The maximum Gasteiger partial charge on any atom is 0.150 e. The zero-order chi connectivity index (χ0) is 9.19. The van der Waals surface area contributed by atoms with Crippen LogP contribution in [-0.2, 0) is 9.84 Å². The van der Waals surface area contributed by atoms with E-state index in [4.69, 9.17) is 12.2 Å². The molecule has 0 amide bonds. The predicted octanol–water partition coefficient (Wildman–Crippen LogP) is -0.228. The molecule has 1 aliphatic rings. The number of hydrogen-bond donors (Lipinski definition) is 1. The summed E-state index contributed by atoms with van der Waals surface area (Å²) in [5.74, 6) is 3.02. The second-order valence-electron chi connectivity index (χ2n) is 3.24. The smallest absolute Gasteiger partial charge is 0.150 e. The van der Waals surface area contributed by atoms with Crippen LogP contribution >= 0.6 is 0 Å². The first-order chi connectivity index (χ1) is 5.55. The summed E-state index contributed by atoms with van der Waals surface area (Å²) in [6.45, 7) is 0. The minimum atomic E-state index is -2.81. The molecule has 1 heterocycles. The summed E-state index contributed by atoms with van der Waals surface area (Å²) in [6, 6.07) is -0.146. The Balaban J connectivity index is 2.53. The van der Waals surface area contributed by atoms with Crippen LogP contribution in [0.2, 0.25) is 0 Å². The van der Waals surface area contributed by atoms with Gasteiger partial charge in [-0.2, -0.15) is 0 Å². The van der Waals surface area contributed by atoms with E-state index in [2.05, 4.69) is 5.92 Å². The number of sulfone groups is 1. The normalized spacial score (nSPS) is 29.5. The van der Waals surface area contributed by atoms with Crippen molar-refractivity contribution in [3.63, 3.8) is 0 Å². The molecule has 0 bridgehead atoms. The first kappa shape index (κ1) is 9.56. The van der Waals surface area contributed by atoms with Crippen molar-refractivity contribution < 1.29 is 8.42 Å². The molecule has 1 aliphatic heterocycles. The summed E-state index contributed by atoms with van der Waals surface area (Å²) in [5, 5.41) is 0. The molecule has 0 aliphatic carbocycles.